The molecule has 4 nitrogen and oxygen atoms in total. The molecule has 252 valence electrons. The molecule has 52 heavy (non-hydrogen) atoms. The first-order valence-electron chi connectivity index (χ1n) is 18.1. The molecular formula is C48H40N4. The molecule has 0 amide bonds. The second-order valence-corrected chi connectivity index (χ2v) is 13.6. The zero-order valence-electron chi connectivity index (χ0n) is 29.0. The quantitative estimate of drug-likeness (QED) is 0.153. The molecule has 3 aromatic heterocycles. The van der Waals surface area contributed by atoms with Gasteiger partial charge in [-0.2, -0.15) is 0 Å². The highest BCUT2D eigenvalue weighted by Gasteiger charge is 2.29. The van der Waals surface area contributed by atoms with Crippen LogP contribution in [0.15, 0.2) is 176 Å². The maximum absolute atomic E-state index is 4.77. The highest BCUT2D eigenvalue weighted by atomic mass is 14.9. The predicted octanol–water partition coefficient (Wildman–Crippen LogP) is 11.9. The van der Waals surface area contributed by atoms with Gasteiger partial charge in [-0.05, 0) is 71.4 Å². The first-order chi connectivity index (χ1) is 25.7. The smallest absolute Gasteiger partial charge is 0.159 e. The van der Waals surface area contributed by atoms with Crippen LogP contribution in [0.2, 0.25) is 0 Å². The van der Waals surface area contributed by atoms with Crippen molar-refractivity contribution in [3.63, 3.8) is 0 Å². The van der Waals surface area contributed by atoms with Crippen LogP contribution in [0.1, 0.15) is 41.9 Å². The van der Waals surface area contributed by atoms with Gasteiger partial charge in [0.25, 0.3) is 0 Å². The molecule has 1 saturated carbocycles. The van der Waals surface area contributed by atoms with Crippen molar-refractivity contribution in [1.82, 2.24) is 19.9 Å². The largest absolute Gasteiger partial charge is 0.256 e. The molecule has 1 fully saturated rings. The van der Waals surface area contributed by atoms with Gasteiger partial charge in [0.05, 0.1) is 11.4 Å². The van der Waals surface area contributed by atoms with Crippen molar-refractivity contribution < 1.29 is 0 Å². The van der Waals surface area contributed by atoms with Gasteiger partial charge >= 0.3 is 0 Å². The molecule has 3 heterocycles. The molecule has 0 spiro atoms. The van der Waals surface area contributed by atoms with Crippen molar-refractivity contribution in [2.75, 3.05) is 0 Å². The van der Waals surface area contributed by atoms with Crippen LogP contribution in [0.25, 0.3) is 57.2 Å². The van der Waals surface area contributed by atoms with Gasteiger partial charge in [0.1, 0.15) is 0 Å². The Bertz CT molecular complexity index is 2140. The second-order valence-electron chi connectivity index (χ2n) is 13.6. The zero-order valence-corrected chi connectivity index (χ0v) is 29.0. The number of hydrogen-bond donors (Lipinski definition) is 0. The van der Waals surface area contributed by atoms with Crippen molar-refractivity contribution in [2.45, 2.75) is 25.2 Å². The predicted molar refractivity (Wildman–Crippen MR) is 214 cm³/mol. The van der Waals surface area contributed by atoms with Crippen LogP contribution < -0.4 is 0 Å². The molecule has 7 aromatic rings. The van der Waals surface area contributed by atoms with Crippen LogP contribution in [0, 0.1) is 11.8 Å². The summed E-state index contributed by atoms with van der Waals surface area (Å²) in [6, 6.07) is 48.2. The van der Waals surface area contributed by atoms with Gasteiger partial charge in [0, 0.05) is 47.0 Å². The Morgan fingerprint density at radius 3 is 1.38 bits per heavy atom. The monoisotopic (exact) mass is 672 g/mol. The minimum Gasteiger partial charge on any atom is -0.256 e. The molecule has 2 atom stereocenters. The van der Waals surface area contributed by atoms with Gasteiger partial charge in [0.2, 0.25) is 0 Å². The molecule has 4 aromatic carbocycles. The van der Waals surface area contributed by atoms with E-state index in [1.165, 1.54) is 11.1 Å². The Hall–Kier alpha value is -6.26. The first-order valence-corrected chi connectivity index (χ1v) is 18.1. The van der Waals surface area contributed by atoms with Crippen LogP contribution in [-0.2, 0) is 0 Å². The Kier molecular flexibility index (Phi) is 9.96. The SMILES string of the molecule is C(=C/C1CC(/C=C\c2ccc(-c3ccccc3)nc2)CC(c2ccccc2-c2cnc(-c3ccccc3)nc2)C1)/c1ccc(-c2ccccc2)nc1. The third kappa shape index (κ3) is 7.87. The fourth-order valence-electron chi connectivity index (χ4n) is 7.36. The standard InChI is InChI=1S/C48H40N4/c1-4-12-39(13-5-1)46-26-24-35(31-49-46)20-22-37-28-38(23-21-36-25-27-47(50-32-36)40-14-6-2-7-15-40)30-42(29-37)44-18-10-11-19-45(44)43-33-51-48(52-34-43)41-16-8-3-9-17-41/h1-27,31-34,37-38,42H,28-30H2/b22-20-,23-21-. The van der Waals surface area contributed by atoms with Crippen LogP contribution in [0.4, 0.5) is 0 Å². The minimum absolute atomic E-state index is 0.375. The molecule has 4 heteroatoms. The summed E-state index contributed by atoms with van der Waals surface area (Å²) < 4.78 is 0. The Morgan fingerprint density at radius 1 is 0.404 bits per heavy atom. The van der Waals surface area contributed by atoms with E-state index in [4.69, 9.17) is 19.9 Å². The van der Waals surface area contributed by atoms with E-state index in [2.05, 4.69) is 121 Å². The molecule has 0 bridgehead atoms. The molecule has 8 rings (SSSR count). The number of hydrogen-bond acceptors (Lipinski definition) is 4. The highest BCUT2D eigenvalue weighted by Crippen LogP contribution is 2.44. The maximum Gasteiger partial charge on any atom is 0.159 e. The number of nitrogens with zero attached hydrogens (tertiary/aromatic N) is 4. The normalized spacial score (nSPS) is 17.4. The van der Waals surface area contributed by atoms with Crippen LogP contribution in [0.5, 0.6) is 0 Å². The van der Waals surface area contributed by atoms with E-state index in [1.807, 2.05) is 67.3 Å². The number of aromatic nitrogens is 4. The highest BCUT2D eigenvalue weighted by molar-refractivity contribution is 5.68. The summed E-state index contributed by atoms with van der Waals surface area (Å²) in [5, 5.41) is 0. The topological polar surface area (TPSA) is 51.6 Å². The second kappa shape index (κ2) is 15.7. The van der Waals surface area contributed by atoms with Crippen molar-refractivity contribution in [2.24, 2.45) is 11.8 Å². The molecule has 0 saturated heterocycles. The summed E-state index contributed by atoms with van der Waals surface area (Å²) in [5.74, 6) is 1.93. The third-order valence-electron chi connectivity index (χ3n) is 10.0. The lowest BCUT2D eigenvalue weighted by Crippen LogP contribution is -2.20. The minimum atomic E-state index is 0.375. The van der Waals surface area contributed by atoms with Crippen molar-refractivity contribution in [1.29, 1.82) is 0 Å². The summed E-state index contributed by atoms with van der Waals surface area (Å²) in [6.45, 7) is 0. The molecule has 0 radical (unpaired) electrons. The lowest BCUT2D eigenvalue weighted by Gasteiger charge is -2.34. The molecule has 1 aliphatic rings. The third-order valence-corrected chi connectivity index (χ3v) is 10.0. The summed E-state index contributed by atoms with van der Waals surface area (Å²) in [5.41, 5.74) is 11.1. The van der Waals surface area contributed by atoms with Crippen LogP contribution in [-0.4, -0.2) is 19.9 Å². The van der Waals surface area contributed by atoms with E-state index in [0.717, 1.165) is 69.9 Å². The Labute approximate surface area is 306 Å². The average molecular weight is 673 g/mol. The van der Waals surface area contributed by atoms with Crippen LogP contribution in [0.3, 0.4) is 0 Å². The van der Waals surface area contributed by atoms with E-state index in [9.17, 15) is 0 Å². The summed E-state index contributed by atoms with van der Waals surface area (Å²) >= 11 is 0. The van der Waals surface area contributed by atoms with E-state index in [1.54, 1.807) is 0 Å². The summed E-state index contributed by atoms with van der Waals surface area (Å²) in [6.07, 6.45) is 20.5. The summed E-state index contributed by atoms with van der Waals surface area (Å²) in [7, 11) is 0. The zero-order chi connectivity index (χ0) is 35.0. The fraction of sp³-hybridized carbons (Fsp3) is 0.125. The molecule has 0 N–H and O–H groups in total. The number of rotatable bonds is 9. The molecule has 1 aliphatic carbocycles. The molecular weight excluding hydrogens is 633 g/mol. The van der Waals surface area contributed by atoms with Gasteiger partial charge in [-0.3, -0.25) is 9.97 Å². The van der Waals surface area contributed by atoms with Gasteiger partial charge in [-0.25, -0.2) is 9.97 Å². The van der Waals surface area contributed by atoms with Crippen LogP contribution >= 0.6 is 0 Å². The molecule has 2 unspecified atom stereocenters. The van der Waals surface area contributed by atoms with E-state index < -0.39 is 0 Å². The molecule has 0 aliphatic heterocycles. The average Bonchev–Trinajstić information content (AvgIpc) is 3.23. The summed E-state index contributed by atoms with van der Waals surface area (Å²) in [4.78, 5) is 19.1. The first kappa shape index (κ1) is 32.9. The lowest BCUT2D eigenvalue weighted by atomic mass is 9.71. The van der Waals surface area contributed by atoms with Crippen molar-refractivity contribution >= 4 is 12.2 Å². The van der Waals surface area contributed by atoms with Crippen molar-refractivity contribution in [3.05, 3.63) is 193 Å². The van der Waals surface area contributed by atoms with E-state index >= 15 is 0 Å². The Morgan fingerprint density at radius 2 is 0.885 bits per heavy atom. The van der Waals surface area contributed by atoms with Gasteiger partial charge < -0.3 is 0 Å². The van der Waals surface area contributed by atoms with Gasteiger partial charge in [-0.1, -0.05) is 152 Å². The number of pyridine rings is 2. The van der Waals surface area contributed by atoms with E-state index in [-0.39, 0.29) is 0 Å². The van der Waals surface area contributed by atoms with E-state index in [0.29, 0.717) is 17.8 Å². The van der Waals surface area contributed by atoms with Crippen molar-refractivity contribution in [3.8, 4) is 45.0 Å². The number of allylic oxidation sites excluding steroid dienone is 2. The van der Waals surface area contributed by atoms with Gasteiger partial charge in [0.15, 0.2) is 5.82 Å². The number of benzene rings is 4. The fourth-order valence-corrected chi connectivity index (χ4v) is 7.36. The lowest BCUT2D eigenvalue weighted by molar-refractivity contribution is 0.315. The maximum atomic E-state index is 4.77. The van der Waals surface area contributed by atoms with Gasteiger partial charge in [-0.15, -0.1) is 0 Å². The Balaban J connectivity index is 1.06.